The van der Waals surface area contributed by atoms with Crippen LogP contribution in [0, 0.1) is 5.41 Å². The van der Waals surface area contributed by atoms with E-state index in [9.17, 15) is 4.79 Å². The number of hydrogen-bond donors (Lipinski definition) is 2. The van der Waals surface area contributed by atoms with Gasteiger partial charge in [-0.2, -0.15) is 0 Å². The number of rotatable bonds is 5. The lowest BCUT2D eigenvalue weighted by Crippen LogP contribution is -2.28. The Morgan fingerprint density at radius 3 is 2.70 bits per heavy atom. The third kappa shape index (κ3) is 4.15. The van der Waals surface area contributed by atoms with Gasteiger partial charge in [0.15, 0.2) is 0 Å². The van der Waals surface area contributed by atoms with Crippen molar-refractivity contribution in [3.8, 4) is 0 Å². The first kappa shape index (κ1) is 14.7. The predicted molar refractivity (Wildman–Crippen MR) is 82.8 cm³/mol. The van der Waals surface area contributed by atoms with Gasteiger partial charge in [-0.3, -0.25) is 0 Å². The number of nitrogens with one attached hydrogen (secondary N) is 2. The molecule has 0 saturated carbocycles. The summed E-state index contributed by atoms with van der Waals surface area (Å²) < 4.78 is 0. The zero-order valence-electron chi connectivity index (χ0n) is 12.7. The molecular formula is C16H25N3O. The van der Waals surface area contributed by atoms with Gasteiger partial charge in [-0.15, -0.1) is 0 Å². The number of para-hydroxylation sites is 1. The van der Waals surface area contributed by atoms with Crippen LogP contribution in [0.25, 0.3) is 0 Å². The van der Waals surface area contributed by atoms with Crippen molar-refractivity contribution in [2.45, 2.75) is 33.7 Å². The Hall–Kier alpha value is -1.71. The highest BCUT2D eigenvalue weighted by Gasteiger charge is 2.20. The van der Waals surface area contributed by atoms with E-state index in [1.807, 2.05) is 17.0 Å². The number of nitrogens with zero attached hydrogens (tertiary/aromatic N) is 1. The summed E-state index contributed by atoms with van der Waals surface area (Å²) in [6.07, 6.45) is 1.12. The Labute approximate surface area is 121 Å². The van der Waals surface area contributed by atoms with Gasteiger partial charge in [0, 0.05) is 31.9 Å². The molecule has 1 aliphatic heterocycles. The van der Waals surface area contributed by atoms with E-state index in [0.29, 0.717) is 12.0 Å². The molecule has 0 atom stereocenters. The molecule has 2 amide bonds. The molecule has 1 heterocycles. The van der Waals surface area contributed by atoms with Crippen LogP contribution in [0.3, 0.4) is 0 Å². The molecule has 1 saturated heterocycles. The summed E-state index contributed by atoms with van der Waals surface area (Å²) in [7, 11) is 0. The maximum absolute atomic E-state index is 11.6. The van der Waals surface area contributed by atoms with E-state index < -0.39 is 0 Å². The molecule has 1 aromatic carbocycles. The SMILES string of the molecule is CC(C)(C)CCNc1ccccc1CN1CCNC1=O. The molecule has 1 fully saturated rings. The second-order valence-corrected chi connectivity index (χ2v) is 6.55. The summed E-state index contributed by atoms with van der Waals surface area (Å²) in [5.41, 5.74) is 2.64. The summed E-state index contributed by atoms with van der Waals surface area (Å²) in [6, 6.07) is 8.27. The van der Waals surface area contributed by atoms with Crippen molar-refractivity contribution in [1.29, 1.82) is 0 Å². The van der Waals surface area contributed by atoms with Crippen LogP contribution in [0.15, 0.2) is 24.3 Å². The molecule has 4 heteroatoms. The van der Waals surface area contributed by atoms with Crippen molar-refractivity contribution in [2.75, 3.05) is 25.0 Å². The van der Waals surface area contributed by atoms with E-state index in [2.05, 4.69) is 43.5 Å². The van der Waals surface area contributed by atoms with Gasteiger partial charge < -0.3 is 15.5 Å². The monoisotopic (exact) mass is 275 g/mol. The van der Waals surface area contributed by atoms with Gasteiger partial charge in [0.2, 0.25) is 0 Å². The lowest BCUT2D eigenvalue weighted by atomic mass is 9.92. The minimum absolute atomic E-state index is 0.0366. The topological polar surface area (TPSA) is 44.4 Å². The van der Waals surface area contributed by atoms with Gasteiger partial charge in [0.1, 0.15) is 0 Å². The lowest BCUT2D eigenvalue weighted by Gasteiger charge is -2.21. The number of carbonyl (C=O) groups excluding carboxylic acids is 1. The van der Waals surface area contributed by atoms with Gasteiger partial charge in [-0.25, -0.2) is 4.79 Å². The fraction of sp³-hybridized carbons (Fsp3) is 0.562. The number of hydrogen-bond acceptors (Lipinski definition) is 2. The van der Waals surface area contributed by atoms with Gasteiger partial charge in [0.25, 0.3) is 0 Å². The molecule has 20 heavy (non-hydrogen) atoms. The first-order chi connectivity index (χ1) is 9.46. The quantitative estimate of drug-likeness (QED) is 0.867. The number of urea groups is 1. The van der Waals surface area contributed by atoms with Crippen LogP contribution < -0.4 is 10.6 Å². The molecule has 1 aromatic rings. The van der Waals surface area contributed by atoms with Crippen molar-refractivity contribution < 1.29 is 4.79 Å². The van der Waals surface area contributed by atoms with E-state index in [4.69, 9.17) is 0 Å². The van der Waals surface area contributed by atoms with Crippen molar-refractivity contribution in [3.05, 3.63) is 29.8 Å². The minimum Gasteiger partial charge on any atom is -0.385 e. The second kappa shape index (κ2) is 6.16. The Morgan fingerprint density at radius 1 is 1.30 bits per heavy atom. The van der Waals surface area contributed by atoms with Crippen LogP contribution in [0.4, 0.5) is 10.5 Å². The van der Waals surface area contributed by atoms with Crippen molar-refractivity contribution >= 4 is 11.7 Å². The average Bonchev–Trinajstić information content (AvgIpc) is 2.76. The van der Waals surface area contributed by atoms with Crippen LogP contribution >= 0.6 is 0 Å². The Morgan fingerprint density at radius 2 is 2.05 bits per heavy atom. The molecule has 0 unspecified atom stereocenters. The van der Waals surface area contributed by atoms with Gasteiger partial charge in [-0.1, -0.05) is 39.0 Å². The predicted octanol–water partition coefficient (Wildman–Crippen LogP) is 3.06. The van der Waals surface area contributed by atoms with E-state index in [0.717, 1.165) is 31.7 Å². The zero-order chi connectivity index (χ0) is 14.6. The first-order valence-corrected chi connectivity index (χ1v) is 7.30. The number of anilines is 1. The zero-order valence-corrected chi connectivity index (χ0v) is 12.7. The fourth-order valence-corrected chi connectivity index (χ4v) is 2.27. The Kier molecular flexibility index (Phi) is 4.53. The normalized spacial score (nSPS) is 15.3. The molecule has 0 spiro atoms. The maximum atomic E-state index is 11.6. The van der Waals surface area contributed by atoms with E-state index in [-0.39, 0.29) is 6.03 Å². The average molecular weight is 275 g/mol. The lowest BCUT2D eigenvalue weighted by molar-refractivity contribution is 0.215. The molecule has 2 rings (SSSR count). The fourth-order valence-electron chi connectivity index (χ4n) is 2.27. The van der Waals surface area contributed by atoms with E-state index in [1.54, 1.807) is 0 Å². The number of amides is 2. The molecular weight excluding hydrogens is 250 g/mol. The summed E-state index contributed by atoms with van der Waals surface area (Å²) in [4.78, 5) is 13.5. The highest BCUT2D eigenvalue weighted by atomic mass is 16.2. The Balaban J connectivity index is 1.97. The van der Waals surface area contributed by atoms with Gasteiger partial charge >= 0.3 is 6.03 Å². The van der Waals surface area contributed by atoms with Crippen LogP contribution in [0.5, 0.6) is 0 Å². The molecule has 4 nitrogen and oxygen atoms in total. The highest BCUT2D eigenvalue weighted by Crippen LogP contribution is 2.21. The molecule has 1 aliphatic rings. The molecule has 0 aliphatic carbocycles. The summed E-state index contributed by atoms with van der Waals surface area (Å²) >= 11 is 0. The van der Waals surface area contributed by atoms with E-state index >= 15 is 0 Å². The van der Waals surface area contributed by atoms with Crippen LogP contribution in [-0.4, -0.2) is 30.6 Å². The highest BCUT2D eigenvalue weighted by molar-refractivity contribution is 5.76. The number of carbonyl (C=O) groups is 1. The van der Waals surface area contributed by atoms with E-state index in [1.165, 1.54) is 5.56 Å². The summed E-state index contributed by atoms with van der Waals surface area (Å²) in [5.74, 6) is 0. The van der Waals surface area contributed by atoms with Crippen molar-refractivity contribution in [1.82, 2.24) is 10.2 Å². The summed E-state index contributed by atoms with van der Waals surface area (Å²) in [5, 5.41) is 6.34. The van der Waals surface area contributed by atoms with Crippen LogP contribution in [-0.2, 0) is 6.54 Å². The maximum Gasteiger partial charge on any atom is 0.317 e. The molecule has 110 valence electrons. The molecule has 0 bridgehead atoms. The standard InChI is InChI=1S/C16H25N3O/c1-16(2,3)8-9-17-14-7-5-4-6-13(14)12-19-11-10-18-15(19)20/h4-7,17H,8-12H2,1-3H3,(H,18,20). The van der Waals surface area contributed by atoms with Crippen molar-refractivity contribution in [3.63, 3.8) is 0 Å². The van der Waals surface area contributed by atoms with Crippen LogP contribution in [0.2, 0.25) is 0 Å². The van der Waals surface area contributed by atoms with Gasteiger partial charge in [0.05, 0.1) is 0 Å². The molecule has 0 aromatic heterocycles. The van der Waals surface area contributed by atoms with Crippen molar-refractivity contribution in [2.24, 2.45) is 5.41 Å². The summed E-state index contributed by atoms with van der Waals surface area (Å²) in [6.45, 7) is 9.89. The third-order valence-corrected chi connectivity index (χ3v) is 3.51. The first-order valence-electron chi connectivity index (χ1n) is 7.30. The van der Waals surface area contributed by atoms with Crippen LogP contribution in [0.1, 0.15) is 32.8 Å². The molecule has 0 radical (unpaired) electrons. The molecule has 2 N–H and O–H groups in total. The smallest absolute Gasteiger partial charge is 0.317 e. The Bertz CT molecular complexity index is 465. The largest absolute Gasteiger partial charge is 0.385 e. The second-order valence-electron chi connectivity index (χ2n) is 6.55. The minimum atomic E-state index is 0.0366. The third-order valence-electron chi connectivity index (χ3n) is 3.51. The van der Waals surface area contributed by atoms with Gasteiger partial charge in [-0.05, 0) is 23.5 Å². The number of benzene rings is 1.